The molecule has 21 heavy (non-hydrogen) atoms. The highest BCUT2D eigenvalue weighted by Crippen LogP contribution is 2.28. The maximum Gasteiger partial charge on any atom is 0.0698 e. The normalized spacial score (nSPS) is 12.4. The van der Waals surface area contributed by atoms with Crippen LogP contribution in [0.25, 0.3) is 0 Å². The van der Waals surface area contributed by atoms with E-state index >= 15 is 0 Å². The predicted octanol–water partition coefficient (Wildman–Crippen LogP) is 2.82. The van der Waals surface area contributed by atoms with Crippen LogP contribution in [0.15, 0.2) is 30.5 Å². The summed E-state index contributed by atoms with van der Waals surface area (Å²) in [6, 6.07) is 8.76. The molecule has 0 saturated heterocycles. The van der Waals surface area contributed by atoms with E-state index in [1.54, 1.807) is 0 Å². The smallest absolute Gasteiger partial charge is 0.0698 e. The Morgan fingerprint density at radius 3 is 2.67 bits per heavy atom. The van der Waals surface area contributed by atoms with Gasteiger partial charge in [-0.15, -0.1) is 0 Å². The van der Waals surface area contributed by atoms with E-state index in [9.17, 15) is 0 Å². The van der Waals surface area contributed by atoms with E-state index in [4.69, 9.17) is 5.73 Å². The zero-order chi connectivity index (χ0) is 15.4. The Morgan fingerprint density at radius 2 is 2.10 bits per heavy atom. The second kappa shape index (κ2) is 6.76. The first-order valence-corrected chi connectivity index (χ1v) is 7.66. The molecule has 0 spiro atoms. The van der Waals surface area contributed by atoms with E-state index in [1.165, 1.54) is 16.8 Å². The molecule has 2 aromatic rings. The number of rotatable bonds is 6. The lowest BCUT2D eigenvalue weighted by Crippen LogP contribution is -2.34. The van der Waals surface area contributed by atoms with Crippen LogP contribution in [0.5, 0.6) is 0 Å². The molecule has 2 N–H and O–H groups in total. The van der Waals surface area contributed by atoms with E-state index in [0.29, 0.717) is 6.54 Å². The molecule has 0 aliphatic carbocycles. The fourth-order valence-corrected chi connectivity index (χ4v) is 2.92. The van der Waals surface area contributed by atoms with E-state index in [0.717, 1.165) is 18.7 Å². The largest absolute Gasteiger partial charge is 0.363 e. The van der Waals surface area contributed by atoms with Gasteiger partial charge in [-0.1, -0.05) is 19.1 Å². The molecule has 4 heteroatoms. The van der Waals surface area contributed by atoms with Gasteiger partial charge in [0, 0.05) is 37.6 Å². The van der Waals surface area contributed by atoms with Gasteiger partial charge in [0.1, 0.15) is 0 Å². The van der Waals surface area contributed by atoms with Crippen molar-refractivity contribution in [3.8, 4) is 0 Å². The standard InChI is InChI=1S/C17H26N4/c1-5-16-15(12-20(4)19-16)17(11-18)21(6-2)14-9-7-8-13(3)10-14/h7-10,12,17H,5-6,11,18H2,1-4H3. The van der Waals surface area contributed by atoms with Gasteiger partial charge in [-0.3, -0.25) is 4.68 Å². The maximum atomic E-state index is 6.11. The van der Waals surface area contributed by atoms with Crippen molar-refractivity contribution >= 4 is 5.69 Å². The van der Waals surface area contributed by atoms with Gasteiger partial charge in [-0.2, -0.15) is 5.10 Å². The Morgan fingerprint density at radius 1 is 1.33 bits per heavy atom. The van der Waals surface area contributed by atoms with Crippen molar-refractivity contribution in [1.82, 2.24) is 9.78 Å². The number of benzene rings is 1. The number of likely N-dealkylation sites (N-methyl/N-ethyl adjacent to an activating group) is 1. The first-order valence-electron chi connectivity index (χ1n) is 7.66. The molecular formula is C17H26N4. The predicted molar refractivity (Wildman–Crippen MR) is 88.6 cm³/mol. The number of aryl methyl sites for hydroxylation is 3. The molecule has 4 nitrogen and oxygen atoms in total. The lowest BCUT2D eigenvalue weighted by molar-refractivity contribution is 0.637. The molecule has 1 aromatic carbocycles. The zero-order valence-electron chi connectivity index (χ0n) is 13.5. The number of nitrogens with two attached hydrogens (primary N) is 1. The summed E-state index contributed by atoms with van der Waals surface area (Å²) in [5.41, 5.74) is 11.0. The molecule has 0 amide bonds. The van der Waals surface area contributed by atoms with Crippen molar-refractivity contribution in [1.29, 1.82) is 0 Å². The summed E-state index contributed by atoms with van der Waals surface area (Å²) in [6.07, 6.45) is 3.03. The van der Waals surface area contributed by atoms with Gasteiger partial charge in [-0.05, 0) is 38.0 Å². The third-order valence-electron chi connectivity index (χ3n) is 3.90. The third kappa shape index (κ3) is 3.27. The van der Waals surface area contributed by atoms with E-state index in [1.807, 2.05) is 11.7 Å². The fourth-order valence-electron chi connectivity index (χ4n) is 2.92. The first kappa shape index (κ1) is 15.6. The Labute approximate surface area is 127 Å². The molecule has 0 fully saturated rings. The number of hydrogen-bond acceptors (Lipinski definition) is 3. The number of anilines is 1. The van der Waals surface area contributed by atoms with E-state index in [2.05, 4.69) is 61.2 Å². The minimum Gasteiger partial charge on any atom is -0.363 e. The Kier molecular flexibility index (Phi) is 5.02. The maximum absolute atomic E-state index is 6.11. The molecule has 0 aliphatic rings. The molecule has 1 aromatic heterocycles. The molecule has 114 valence electrons. The van der Waals surface area contributed by atoms with Crippen LogP contribution in [-0.4, -0.2) is 22.9 Å². The first-order chi connectivity index (χ1) is 10.1. The second-order valence-corrected chi connectivity index (χ2v) is 5.43. The van der Waals surface area contributed by atoms with Crippen LogP contribution in [0, 0.1) is 6.92 Å². The minimum absolute atomic E-state index is 0.167. The van der Waals surface area contributed by atoms with Crippen molar-refractivity contribution in [2.75, 3.05) is 18.0 Å². The van der Waals surface area contributed by atoms with Crippen molar-refractivity contribution in [2.24, 2.45) is 12.8 Å². The van der Waals surface area contributed by atoms with Gasteiger partial charge in [0.05, 0.1) is 11.7 Å². The summed E-state index contributed by atoms with van der Waals surface area (Å²) in [6.45, 7) is 7.94. The summed E-state index contributed by atoms with van der Waals surface area (Å²) in [4.78, 5) is 2.36. The number of hydrogen-bond donors (Lipinski definition) is 1. The van der Waals surface area contributed by atoms with Gasteiger partial charge in [-0.25, -0.2) is 0 Å². The van der Waals surface area contributed by atoms with Crippen LogP contribution in [-0.2, 0) is 13.5 Å². The summed E-state index contributed by atoms with van der Waals surface area (Å²) in [7, 11) is 1.97. The van der Waals surface area contributed by atoms with Gasteiger partial charge in [0.25, 0.3) is 0 Å². The van der Waals surface area contributed by atoms with Crippen LogP contribution in [0.3, 0.4) is 0 Å². The van der Waals surface area contributed by atoms with Crippen LogP contribution in [0.2, 0.25) is 0 Å². The Bertz CT molecular complexity index is 588. The van der Waals surface area contributed by atoms with Crippen molar-refractivity contribution < 1.29 is 0 Å². The number of nitrogens with zero attached hydrogens (tertiary/aromatic N) is 3. The Hall–Kier alpha value is -1.81. The molecule has 0 radical (unpaired) electrons. The highest BCUT2D eigenvalue weighted by Gasteiger charge is 2.22. The van der Waals surface area contributed by atoms with Crippen LogP contribution in [0.4, 0.5) is 5.69 Å². The average molecular weight is 286 g/mol. The molecule has 2 rings (SSSR count). The summed E-state index contributed by atoms with van der Waals surface area (Å²) >= 11 is 0. The van der Waals surface area contributed by atoms with Gasteiger partial charge >= 0.3 is 0 Å². The SMILES string of the molecule is CCc1nn(C)cc1C(CN)N(CC)c1cccc(C)c1. The van der Waals surface area contributed by atoms with Crippen LogP contribution >= 0.6 is 0 Å². The molecule has 1 unspecified atom stereocenters. The molecule has 0 aliphatic heterocycles. The Balaban J connectivity index is 2.42. The highest BCUT2D eigenvalue weighted by molar-refractivity contribution is 5.51. The molecule has 0 saturated carbocycles. The van der Waals surface area contributed by atoms with Gasteiger partial charge in [0.2, 0.25) is 0 Å². The fraction of sp³-hybridized carbons (Fsp3) is 0.471. The third-order valence-corrected chi connectivity index (χ3v) is 3.90. The minimum atomic E-state index is 0.167. The summed E-state index contributed by atoms with van der Waals surface area (Å²) in [5, 5.41) is 4.56. The highest BCUT2D eigenvalue weighted by atomic mass is 15.3. The van der Waals surface area contributed by atoms with E-state index in [-0.39, 0.29) is 6.04 Å². The van der Waals surface area contributed by atoms with E-state index < -0.39 is 0 Å². The lowest BCUT2D eigenvalue weighted by Gasteiger charge is -2.32. The van der Waals surface area contributed by atoms with Crippen LogP contribution in [0.1, 0.15) is 36.7 Å². The number of aromatic nitrogens is 2. The quantitative estimate of drug-likeness (QED) is 0.888. The zero-order valence-corrected chi connectivity index (χ0v) is 13.5. The van der Waals surface area contributed by atoms with Gasteiger partial charge < -0.3 is 10.6 Å². The monoisotopic (exact) mass is 286 g/mol. The lowest BCUT2D eigenvalue weighted by atomic mass is 10.0. The van der Waals surface area contributed by atoms with Gasteiger partial charge in [0.15, 0.2) is 0 Å². The molecule has 1 atom stereocenters. The molecular weight excluding hydrogens is 260 g/mol. The van der Waals surface area contributed by atoms with Crippen molar-refractivity contribution in [2.45, 2.75) is 33.2 Å². The summed E-state index contributed by atoms with van der Waals surface area (Å²) < 4.78 is 1.89. The molecule has 1 heterocycles. The second-order valence-electron chi connectivity index (χ2n) is 5.43. The molecule has 0 bridgehead atoms. The van der Waals surface area contributed by atoms with Crippen LogP contribution < -0.4 is 10.6 Å². The van der Waals surface area contributed by atoms with Crippen molar-refractivity contribution in [3.63, 3.8) is 0 Å². The summed E-state index contributed by atoms with van der Waals surface area (Å²) in [5.74, 6) is 0. The van der Waals surface area contributed by atoms with Crippen molar-refractivity contribution in [3.05, 3.63) is 47.3 Å². The average Bonchev–Trinajstić information content (AvgIpc) is 2.85. The topological polar surface area (TPSA) is 47.1 Å².